The van der Waals surface area contributed by atoms with Gasteiger partial charge in [-0.2, -0.15) is 0 Å². The molecule has 4 nitrogen and oxygen atoms in total. The quantitative estimate of drug-likeness (QED) is 0.680. The Hall–Kier alpha value is -0.870. The molecule has 2 aliphatic heterocycles. The van der Waals surface area contributed by atoms with E-state index >= 15 is 0 Å². The van der Waals surface area contributed by atoms with Crippen LogP contribution in [0.5, 0.6) is 0 Å². The molecule has 0 aliphatic carbocycles. The van der Waals surface area contributed by atoms with Crippen molar-refractivity contribution in [3.05, 3.63) is 11.6 Å². The summed E-state index contributed by atoms with van der Waals surface area (Å²) in [4.78, 5) is 11.5. The largest absolute Gasteiger partial charge is 0.463 e. The number of rotatable bonds is 2. The van der Waals surface area contributed by atoms with Gasteiger partial charge in [-0.25, -0.2) is 4.79 Å². The molecule has 0 radical (unpaired) electrons. The fourth-order valence-corrected chi connectivity index (χ4v) is 2.10. The van der Waals surface area contributed by atoms with Gasteiger partial charge in [0.2, 0.25) is 0 Å². The second-order valence-corrected chi connectivity index (χ2v) is 3.99. The maximum absolute atomic E-state index is 11.5. The summed E-state index contributed by atoms with van der Waals surface area (Å²) in [5, 5.41) is 3.28. The minimum Gasteiger partial charge on any atom is -0.463 e. The first-order valence-corrected chi connectivity index (χ1v) is 5.49. The van der Waals surface area contributed by atoms with Gasteiger partial charge < -0.3 is 14.8 Å². The van der Waals surface area contributed by atoms with E-state index in [1.165, 1.54) is 0 Å². The third-order valence-electron chi connectivity index (χ3n) is 2.94. The van der Waals surface area contributed by atoms with Crippen LogP contribution in [0, 0.1) is 0 Å². The molecule has 1 saturated heterocycles. The molecule has 1 N–H and O–H groups in total. The predicted octanol–water partition coefficient (Wildman–Crippen LogP) is 0.628. The Kier molecular flexibility index (Phi) is 3.07. The average molecular weight is 211 g/mol. The van der Waals surface area contributed by atoms with Crippen molar-refractivity contribution in [2.24, 2.45) is 0 Å². The fraction of sp³-hybridized carbons (Fsp3) is 0.727. The second kappa shape index (κ2) is 4.33. The van der Waals surface area contributed by atoms with Gasteiger partial charge in [0.1, 0.15) is 0 Å². The van der Waals surface area contributed by atoms with Gasteiger partial charge in [-0.05, 0) is 38.9 Å². The predicted molar refractivity (Wildman–Crippen MR) is 55.5 cm³/mol. The molecule has 84 valence electrons. The lowest BCUT2D eigenvalue weighted by Crippen LogP contribution is -2.40. The first kappa shape index (κ1) is 10.6. The van der Waals surface area contributed by atoms with Gasteiger partial charge in [-0.15, -0.1) is 0 Å². The Labute approximate surface area is 89.6 Å². The van der Waals surface area contributed by atoms with Crippen molar-refractivity contribution in [3.8, 4) is 0 Å². The van der Waals surface area contributed by atoms with Crippen molar-refractivity contribution in [1.29, 1.82) is 0 Å². The molecular weight excluding hydrogens is 194 g/mol. The average Bonchev–Trinajstić information content (AvgIpc) is 2.64. The summed E-state index contributed by atoms with van der Waals surface area (Å²) in [5.74, 6) is -0.229. The van der Waals surface area contributed by atoms with Gasteiger partial charge >= 0.3 is 5.97 Å². The van der Waals surface area contributed by atoms with E-state index in [9.17, 15) is 4.79 Å². The number of esters is 1. The summed E-state index contributed by atoms with van der Waals surface area (Å²) >= 11 is 0. The molecule has 0 unspecified atom stereocenters. The van der Waals surface area contributed by atoms with Crippen LogP contribution in [0.1, 0.15) is 19.8 Å². The molecule has 15 heavy (non-hydrogen) atoms. The smallest absolute Gasteiger partial charge is 0.336 e. The minimum absolute atomic E-state index is 0.201. The summed E-state index contributed by atoms with van der Waals surface area (Å²) in [6, 6.07) is 0. The molecule has 0 bridgehead atoms. The first-order chi connectivity index (χ1) is 7.26. The number of piperidine rings is 1. The highest BCUT2D eigenvalue weighted by molar-refractivity contribution is 5.89. The van der Waals surface area contributed by atoms with Crippen LogP contribution in [0.3, 0.4) is 0 Å². The van der Waals surface area contributed by atoms with Crippen molar-refractivity contribution in [3.63, 3.8) is 0 Å². The van der Waals surface area contributed by atoms with Crippen LogP contribution in [0.15, 0.2) is 11.6 Å². The summed E-state index contributed by atoms with van der Waals surface area (Å²) in [6.07, 6.45) is 3.84. The molecule has 2 rings (SSSR count). The van der Waals surface area contributed by atoms with Gasteiger partial charge in [-0.1, -0.05) is 0 Å². The van der Waals surface area contributed by atoms with Gasteiger partial charge in [0, 0.05) is 0 Å². The number of hydrogen-bond acceptors (Lipinski definition) is 4. The Morgan fingerprint density at radius 3 is 3.00 bits per heavy atom. The number of ether oxygens (including phenoxy) is 2. The lowest BCUT2D eigenvalue weighted by molar-refractivity contribution is -0.138. The molecule has 1 fully saturated rings. The first-order valence-electron chi connectivity index (χ1n) is 5.49. The summed E-state index contributed by atoms with van der Waals surface area (Å²) in [7, 11) is 0. The highest BCUT2D eigenvalue weighted by atomic mass is 16.5. The highest BCUT2D eigenvalue weighted by Gasteiger charge is 2.37. The SMILES string of the molecule is CCOC(=O)C1=CC2(CCNCC2)OC1. The minimum atomic E-state index is -0.229. The lowest BCUT2D eigenvalue weighted by Gasteiger charge is -2.31. The number of carbonyl (C=O) groups is 1. The normalized spacial score (nSPS) is 23.9. The molecule has 1 spiro atoms. The molecule has 4 heteroatoms. The third kappa shape index (κ3) is 2.21. The molecule has 0 aromatic heterocycles. The standard InChI is InChI=1S/C11H17NO3/c1-2-14-10(13)9-7-11(15-8-9)3-5-12-6-4-11/h7,12H,2-6,8H2,1H3. The summed E-state index contributed by atoms with van der Waals surface area (Å²) in [5.41, 5.74) is 0.478. The van der Waals surface area contributed by atoms with Gasteiger partial charge in [0.05, 0.1) is 24.4 Å². The van der Waals surface area contributed by atoms with E-state index in [1.807, 2.05) is 13.0 Å². The van der Waals surface area contributed by atoms with E-state index in [2.05, 4.69) is 5.32 Å². The van der Waals surface area contributed by atoms with Crippen molar-refractivity contribution < 1.29 is 14.3 Å². The van der Waals surface area contributed by atoms with Crippen molar-refractivity contribution >= 4 is 5.97 Å². The van der Waals surface area contributed by atoms with E-state index in [4.69, 9.17) is 9.47 Å². The van der Waals surface area contributed by atoms with Crippen LogP contribution in [0.2, 0.25) is 0 Å². The second-order valence-electron chi connectivity index (χ2n) is 3.99. The molecule has 2 heterocycles. The fourth-order valence-electron chi connectivity index (χ4n) is 2.10. The Morgan fingerprint density at radius 2 is 2.33 bits per heavy atom. The molecule has 0 aromatic carbocycles. The van der Waals surface area contributed by atoms with Crippen molar-refractivity contribution in [1.82, 2.24) is 5.32 Å². The van der Waals surface area contributed by atoms with Crippen molar-refractivity contribution in [2.45, 2.75) is 25.4 Å². The molecule has 0 amide bonds. The molecular formula is C11H17NO3. The molecule has 0 aromatic rings. The van der Waals surface area contributed by atoms with Gasteiger partial charge in [0.25, 0.3) is 0 Å². The van der Waals surface area contributed by atoms with Gasteiger partial charge in [0.15, 0.2) is 0 Å². The van der Waals surface area contributed by atoms with Crippen molar-refractivity contribution in [2.75, 3.05) is 26.3 Å². The molecule has 0 atom stereocenters. The number of nitrogens with one attached hydrogen (secondary N) is 1. The molecule has 2 aliphatic rings. The summed E-state index contributed by atoms with van der Waals surface area (Å²) < 4.78 is 10.7. The number of carbonyl (C=O) groups excluding carboxylic acids is 1. The highest BCUT2D eigenvalue weighted by Crippen LogP contribution is 2.32. The van der Waals surface area contributed by atoms with Crippen LogP contribution >= 0.6 is 0 Å². The lowest BCUT2D eigenvalue weighted by atomic mass is 9.92. The monoisotopic (exact) mass is 211 g/mol. The van der Waals surface area contributed by atoms with Gasteiger partial charge in [-0.3, -0.25) is 0 Å². The van der Waals surface area contributed by atoms with Crippen LogP contribution in [0.25, 0.3) is 0 Å². The van der Waals surface area contributed by atoms with Crippen LogP contribution in [-0.4, -0.2) is 37.9 Å². The Morgan fingerprint density at radius 1 is 1.60 bits per heavy atom. The third-order valence-corrected chi connectivity index (χ3v) is 2.94. The van der Waals surface area contributed by atoms with Crippen LogP contribution in [-0.2, 0) is 14.3 Å². The zero-order valence-corrected chi connectivity index (χ0v) is 9.04. The van der Waals surface area contributed by atoms with E-state index in [0.717, 1.165) is 25.9 Å². The Balaban J connectivity index is 2.03. The topological polar surface area (TPSA) is 47.6 Å². The maximum atomic E-state index is 11.5. The summed E-state index contributed by atoms with van der Waals surface area (Å²) in [6.45, 7) is 4.54. The maximum Gasteiger partial charge on any atom is 0.336 e. The van der Waals surface area contributed by atoms with Crippen LogP contribution in [0.4, 0.5) is 0 Å². The zero-order chi connectivity index (χ0) is 10.7. The molecule has 0 saturated carbocycles. The van der Waals surface area contributed by atoms with E-state index in [1.54, 1.807) is 0 Å². The number of hydrogen-bond donors (Lipinski definition) is 1. The van der Waals surface area contributed by atoms with E-state index in [0.29, 0.717) is 18.8 Å². The zero-order valence-electron chi connectivity index (χ0n) is 9.04. The van der Waals surface area contributed by atoms with E-state index in [-0.39, 0.29) is 11.6 Å². The Bertz CT molecular complexity index is 280. The van der Waals surface area contributed by atoms with Crippen LogP contribution < -0.4 is 5.32 Å². The van der Waals surface area contributed by atoms with E-state index < -0.39 is 0 Å².